The van der Waals surface area contributed by atoms with Crippen LogP contribution in [0.15, 0.2) is 61.2 Å². The van der Waals surface area contributed by atoms with E-state index in [1.807, 2.05) is 0 Å². The SMILES string of the molecule is C=CC[N+]12Cc3ccccc3C(c3ccccc3C1)[C@@H]2C. The van der Waals surface area contributed by atoms with E-state index in [-0.39, 0.29) is 0 Å². The van der Waals surface area contributed by atoms with E-state index in [0.717, 1.165) is 24.1 Å². The molecule has 0 spiro atoms. The third-order valence-corrected chi connectivity index (χ3v) is 5.59. The standard InChI is InChI=1S/C20H22N/c1-3-12-21-13-16-8-4-6-10-18(16)20(15(21)2)19-11-7-5-9-17(19)14-21/h3-11,15,20H,1,12-14H2,2H3/q+1/t15-,20?,21?/m0/s1. The van der Waals surface area contributed by atoms with Crippen molar-refractivity contribution in [2.24, 2.45) is 0 Å². The van der Waals surface area contributed by atoms with E-state index in [4.69, 9.17) is 0 Å². The minimum absolute atomic E-state index is 0.528. The third kappa shape index (κ3) is 1.74. The van der Waals surface area contributed by atoms with E-state index < -0.39 is 0 Å². The van der Waals surface area contributed by atoms with Crippen LogP contribution in [-0.4, -0.2) is 17.1 Å². The highest BCUT2D eigenvalue weighted by Gasteiger charge is 2.48. The lowest BCUT2D eigenvalue weighted by Gasteiger charge is -2.53. The van der Waals surface area contributed by atoms with E-state index >= 15 is 0 Å². The fourth-order valence-corrected chi connectivity index (χ4v) is 4.54. The number of benzene rings is 2. The molecular formula is C20H22N+. The summed E-state index contributed by atoms with van der Waals surface area (Å²) < 4.78 is 1.13. The number of hydrogen-bond donors (Lipinski definition) is 0. The van der Waals surface area contributed by atoms with Crippen molar-refractivity contribution >= 4 is 0 Å². The summed E-state index contributed by atoms with van der Waals surface area (Å²) in [4.78, 5) is 0. The van der Waals surface area contributed by atoms with Crippen LogP contribution in [0.25, 0.3) is 0 Å². The molecule has 1 atom stereocenters. The van der Waals surface area contributed by atoms with Gasteiger partial charge in [0.1, 0.15) is 13.1 Å². The second-order valence-corrected chi connectivity index (χ2v) is 6.62. The lowest BCUT2D eigenvalue weighted by atomic mass is 9.73. The summed E-state index contributed by atoms with van der Waals surface area (Å²) in [5, 5.41) is 0. The molecule has 2 aromatic rings. The molecule has 0 radical (unpaired) electrons. The van der Waals surface area contributed by atoms with Gasteiger partial charge < -0.3 is 4.48 Å². The Kier molecular flexibility index (Phi) is 2.80. The molecule has 1 heteroatoms. The second kappa shape index (κ2) is 4.57. The van der Waals surface area contributed by atoms with Gasteiger partial charge in [0.2, 0.25) is 0 Å². The molecule has 106 valence electrons. The van der Waals surface area contributed by atoms with Crippen LogP contribution in [0.5, 0.6) is 0 Å². The summed E-state index contributed by atoms with van der Waals surface area (Å²) in [6.07, 6.45) is 2.11. The Morgan fingerprint density at radius 1 is 1.00 bits per heavy atom. The zero-order chi connectivity index (χ0) is 14.4. The van der Waals surface area contributed by atoms with Gasteiger partial charge in [-0.05, 0) is 24.1 Å². The Hall–Kier alpha value is -1.86. The zero-order valence-corrected chi connectivity index (χ0v) is 12.6. The van der Waals surface area contributed by atoms with Crippen molar-refractivity contribution in [2.45, 2.75) is 32.0 Å². The highest BCUT2D eigenvalue weighted by Crippen LogP contribution is 2.48. The van der Waals surface area contributed by atoms with Gasteiger partial charge >= 0.3 is 0 Å². The van der Waals surface area contributed by atoms with Crippen LogP contribution >= 0.6 is 0 Å². The first-order chi connectivity index (χ1) is 10.2. The Bertz CT molecular complexity index is 651. The summed E-state index contributed by atoms with van der Waals surface area (Å²) in [6.45, 7) is 9.78. The molecule has 0 N–H and O–H groups in total. The van der Waals surface area contributed by atoms with Gasteiger partial charge in [0, 0.05) is 11.1 Å². The second-order valence-electron chi connectivity index (χ2n) is 6.62. The molecule has 0 aromatic heterocycles. The number of quaternary nitrogens is 1. The maximum Gasteiger partial charge on any atom is 0.105 e. The number of rotatable bonds is 2. The Morgan fingerprint density at radius 3 is 2.05 bits per heavy atom. The van der Waals surface area contributed by atoms with Crippen LogP contribution in [0.2, 0.25) is 0 Å². The minimum Gasteiger partial charge on any atom is -0.310 e. The molecule has 0 fully saturated rings. The first-order valence-corrected chi connectivity index (χ1v) is 7.87. The molecule has 0 amide bonds. The van der Waals surface area contributed by atoms with E-state index in [1.54, 1.807) is 0 Å². The molecule has 2 aliphatic rings. The average molecular weight is 276 g/mol. The predicted molar refractivity (Wildman–Crippen MR) is 86.9 cm³/mol. The Morgan fingerprint density at radius 2 is 1.52 bits per heavy atom. The molecule has 0 saturated heterocycles. The highest BCUT2D eigenvalue weighted by molar-refractivity contribution is 5.45. The normalized spacial score (nSPS) is 29.4. The zero-order valence-electron chi connectivity index (χ0n) is 12.6. The monoisotopic (exact) mass is 276 g/mol. The minimum atomic E-state index is 0.528. The van der Waals surface area contributed by atoms with Crippen LogP contribution in [-0.2, 0) is 13.1 Å². The van der Waals surface area contributed by atoms with Crippen LogP contribution in [0.3, 0.4) is 0 Å². The summed E-state index contributed by atoms with van der Waals surface area (Å²) in [5.41, 5.74) is 6.12. The molecule has 0 aliphatic carbocycles. The van der Waals surface area contributed by atoms with Crippen molar-refractivity contribution < 1.29 is 4.48 Å². The van der Waals surface area contributed by atoms with Gasteiger partial charge in [-0.2, -0.15) is 0 Å². The summed E-state index contributed by atoms with van der Waals surface area (Å²) in [5.74, 6) is 0.528. The van der Waals surface area contributed by atoms with Crippen LogP contribution in [0, 0.1) is 0 Å². The highest BCUT2D eigenvalue weighted by atomic mass is 15.4. The first kappa shape index (κ1) is 12.8. The average Bonchev–Trinajstić information content (AvgIpc) is 2.48. The quantitative estimate of drug-likeness (QED) is 0.568. The van der Waals surface area contributed by atoms with Crippen LogP contribution < -0.4 is 0 Å². The number of nitrogens with zero attached hydrogens (tertiary/aromatic N) is 1. The lowest BCUT2D eigenvalue weighted by molar-refractivity contribution is -0.974. The van der Waals surface area contributed by atoms with Crippen molar-refractivity contribution in [1.29, 1.82) is 0 Å². The van der Waals surface area contributed by atoms with E-state index in [9.17, 15) is 0 Å². The summed E-state index contributed by atoms with van der Waals surface area (Å²) >= 11 is 0. The number of hydrogen-bond acceptors (Lipinski definition) is 0. The molecule has 21 heavy (non-hydrogen) atoms. The van der Waals surface area contributed by atoms with Gasteiger partial charge in [-0.3, -0.25) is 0 Å². The van der Waals surface area contributed by atoms with Crippen molar-refractivity contribution in [3.05, 3.63) is 83.4 Å². The van der Waals surface area contributed by atoms with E-state index in [1.165, 1.54) is 22.3 Å². The maximum atomic E-state index is 4.03. The molecule has 0 unspecified atom stereocenters. The van der Waals surface area contributed by atoms with Gasteiger partial charge in [0.25, 0.3) is 0 Å². The Balaban J connectivity index is 1.98. The van der Waals surface area contributed by atoms with Crippen molar-refractivity contribution in [3.63, 3.8) is 0 Å². The van der Waals surface area contributed by atoms with E-state index in [2.05, 4.69) is 68.1 Å². The maximum absolute atomic E-state index is 4.03. The summed E-state index contributed by atoms with van der Waals surface area (Å²) in [6, 6.07) is 18.7. The smallest absolute Gasteiger partial charge is 0.105 e. The van der Waals surface area contributed by atoms with Crippen molar-refractivity contribution in [1.82, 2.24) is 0 Å². The molecule has 4 rings (SSSR count). The van der Waals surface area contributed by atoms with Gasteiger partial charge in [-0.25, -0.2) is 0 Å². The molecule has 2 aromatic carbocycles. The van der Waals surface area contributed by atoms with Gasteiger partial charge in [-0.1, -0.05) is 55.1 Å². The molecule has 0 saturated carbocycles. The van der Waals surface area contributed by atoms with Crippen LogP contribution in [0.4, 0.5) is 0 Å². The number of fused-ring (bicyclic) bond motifs is 6. The fourth-order valence-electron chi connectivity index (χ4n) is 4.54. The van der Waals surface area contributed by atoms with Gasteiger partial charge in [-0.15, -0.1) is 0 Å². The predicted octanol–water partition coefficient (Wildman–Crippen LogP) is 4.24. The molecule has 2 heterocycles. The molecular weight excluding hydrogens is 254 g/mol. The van der Waals surface area contributed by atoms with E-state index in [0.29, 0.717) is 12.0 Å². The van der Waals surface area contributed by atoms with Crippen molar-refractivity contribution in [2.75, 3.05) is 6.54 Å². The lowest BCUT2D eigenvalue weighted by Crippen LogP contribution is -2.60. The van der Waals surface area contributed by atoms with Gasteiger partial charge in [0.15, 0.2) is 0 Å². The Labute approximate surface area is 127 Å². The molecule has 2 aliphatic heterocycles. The largest absolute Gasteiger partial charge is 0.310 e. The van der Waals surface area contributed by atoms with Crippen LogP contribution in [0.1, 0.15) is 35.1 Å². The third-order valence-electron chi connectivity index (χ3n) is 5.59. The molecule has 2 bridgehead atoms. The fraction of sp³-hybridized carbons (Fsp3) is 0.300. The summed E-state index contributed by atoms with van der Waals surface area (Å²) in [7, 11) is 0. The van der Waals surface area contributed by atoms with Crippen molar-refractivity contribution in [3.8, 4) is 0 Å². The first-order valence-electron chi connectivity index (χ1n) is 7.87. The molecule has 1 nitrogen and oxygen atoms in total. The van der Waals surface area contributed by atoms with Gasteiger partial charge in [0.05, 0.1) is 18.5 Å². The topological polar surface area (TPSA) is 0 Å².